The second-order valence-corrected chi connectivity index (χ2v) is 6.07. The number of benzene rings is 2. The summed E-state index contributed by atoms with van der Waals surface area (Å²) in [5, 5.41) is 23.4. The molecule has 0 spiro atoms. The van der Waals surface area contributed by atoms with Gasteiger partial charge in [-0.05, 0) is 60.2 Å². The number of fused-ring (bicyclic) bond motifs is 5. The van der Waals surface area contributed by atoms with E-state index in [2.05, 4.69) is 29.6 Å². The Morgan fingerprint density at radius 3 is 2.55 bits per heavy atom. The van der Waals surface area contributed by atoms with E-state index >= 15 is 0 Å². The van der Waals surface area contributed by atoms with Gasteiger partial charge in [-0.2, -0.15) is 0 Å². The zero-order valence-corrected chi connectivity index (χ0v) is 14.0. The number of halogens is 1. The Morgan fingerprint density at radius 1 is 0.909 bits per heavy atom. The summed E-state index contributed by atoms with van der Waals surface area (Å²) in [5.74, 6) is 0.229. The van der Waals surface area contributed by atoms with Crippen LogP contribution in [-0.4, -0.2) is 22.8 Å². The van der Waals surface area contributed by atoms with Gasteiger partial charge in [0.2, 0.25) is 0 Å². The number of phenols is 2. The molecule has 3 nitrogen and oxygen atoms in total. The van der Waals surface area contributed by atoms with Gasteiger partial charge in [0, 0.05) is 12.0 Å². The first kappa shape index (κ1) is 15.4. The minimum Gasteiger partial charge on any atom is -0.504 e. The molecule has 0 amide bonds. The summed E-state index contributed by atoms with van der Waals surface area (Å²) in [4.78, 5) is 0. The lowest BCUT2D eigenvalue weighted by atomic mass is 9.75. The van der Waals surface area contributed by atoms with Gasteiger partial charge >= 0.3 is 0 Å². The first-order valence-corrected chi connectivity index (χ1v) is 7.60. The number of hydrogen-bond acceptors (Lipinski definition) is 3. The minimum atomic E-state index is -0.0173. The van der Waals surface area contributed by atoms with E-state index in [1.54, 1.807) is 12.1 Å². The molecule has 22 heavy (non-hydrogen) atoms. The Morgan fingerprint density at radius 2 is 1.68 bits per heavy atom. The highest BCUT2D eigenvalue weighted by atomic mass is 79.9. The summed E-state index contributed by atoms with van der Waals surface area (Å²) in [6.45, 7) is 0.917. The van der Waals surface area contributed by atoms with Crippen molar-refractivity contribution in [2.75, 3.05) is 6.54 Å². The summed E-state index contributed by atoms with van der Waals surface area (Å²) in [6, 6.07) is 12.5. The molecule has 116 valence electrons. The van der Waals surface area contributed by atoms with Crippen LogP contribution in [0.2, 0.25) is 0 Å². The molecule has 0 radical (unpaired) electrons. The molecule has 2 aromatic rings. The lowest BCUT2D eigenvalue weighted by molar-refractivity contribution is 0.400. The molecule has 0 aromatic heterocycles. The van der Waals surface area contributed by atoms with E-state index in [1.165, 1.54) is 11.1 Å². The van der Waals surface area contributed by atoms with Crippen molar-refractivity contribution in [2.24, 2.45) is 0 Å². The van der Waals surface area contributed by atoms with Crippen LogP contribution in [0.15, 0.2) is 36.4 Å². The standard InChI is InChI=1S/C18H19NO2.BrH/c20-16-9-12-7-8-19-15-6-5-11-3-1-2-4-13(11)18(15)14(12)10-17(16)21;/h1-4,9-10,15,18-21H,5-8H2;1H/t15-,18+;/m0./s1. The Bertz CT molecular complexity index is 701. The van der Waals surface area contributed by atoms with Crippen LogP contribution < -0.4 is 5.32 Å². The van der Waals surface area contributed by atoms with E-state index in [1.807, 2.05) is 0 Å². The summed E-state index contributed by atoms with van der Waals surface area (Å²) in [5.41, 5.74) is 5.06. The maximum absolute atomic E-state index is 9.93. The van der Waals surface area contributed by atoms with Crippen molar-refractivity contribution in [1.82, 2.24) is 5.32 Å². The Kier molecular flexibility index (Phi) is 4.15. The van der Waals surface area contributed by atoms with Gasteiger partial charge < -0.3 is 15.5 Å². The van der Waals surface area contributed by atoms with Gasteiger partial charge in [-0.15, -0.1) is 17.0 Å². The minimum absolute atomic E-state index is 0. The second kappa shape index (κ2) is 5.94. The summed E-state index contributed by atoms with van der Waals surface area (Å²) < 4.78 is 0. The molecule has 0 saturated carbocycles. The van der Waals surface area contributed by atoms with Crippen LogP contribution in [0.4, 0.5) is 0 Å². The molecule has 2 aliphatic rings. The molecule has 0 unspecified atom stereocenters. The average Bonchev–Trinajstić information content (AvgIpc) is 2.67. The van der Waals surface area contributed by atoms with Crippen LogP contribution in [0.25, 0.3) is 0 Å². The molecule has 0 bridgehead atoms. The number of nitrogens with one attached hydrogen (secondary N) is 1. The Balaban J connectivity index is 0.00000144. The molecule has 1 aliphatic carbocycles. The molecule has 2 atom stereocenters. The predicted molar refractivity (Wildman–Crippen MR) is 92.2 cm³/mol. The summed E-state index contributed by atoms with van der Waals surface area (Å²) in [7, 11) is 0. The second-order valence-electron chi connectivity index (χ2n) is 6.07. The van der Waals surface area contributed by atoms with Crippen molar-refractivity contribution in [3.05, 3.63) is 58.7 Å². The first-order valence-electron chi connectivity index (χ1n) is 7.60. The van der Waals surface area contributed by atoms with Crippen LogP contribution in [0.1, 0.15) is 34.6 Å². The normalized spacial score (nSPS) is 22.5. The quantitative estimate of drug-likeness (QED) is 0.631. The highest BCUT2D eigenvalue weighted by Gasteiger charge is 2.33. The van der Waals surface area contributed by atoms with E-state index in [0.717, 1.165) is 36.9 Å². The van der Waals surface area contributed by atoms with Crippen LogP contribution in [0.3, 0.4) is 0 Å². The number of aryl methyl sites for hydroxylation is 1. The van der Waals surface area contributed by atoms with Crippen LogP contribution in [-0.2, 0) is 12.8 Å². The van der Waals surface area contributed by atoms with Crippen molar-refractivity contribution in [2.45, 2.75) is 31.2 Å². The lowest BCUT2D eigenvalue weighted by Gasteiger charge is -2.34. The highest BCUT2D eigenvalue weighted by Crippen LogP contribution is 2.42. The zero-order chi connectivity index (χ0) is 14.4. The van der Waals surface area contributed by atoms with Gasteiger partial charge in [0.15, 0.2) is 11.5 Å². The topological polar surface area (TPSA) is 52.5 Å². The number of hydrogen-bond donors (Lipinski definition) is 3. The average molecular weight is 362 g/mol. The SMILES string of the molecule is Br.Oc1cc2c(cc1O)[C@H]1c3ccccc3CC[C@@H]1NCC2. The van der Waals surface area contributed by atoms with Gasteiger partial charge in [-0.1, -0.05) is 24.3 Å². The summed E-state index contributed by atoms with van der Waals surface area (Å²) in [6.07, 6.45) is 3.10. The fraction of sp³-hybridized carbons (Fsp3) is 0.333. The number of aromatic hydroxyl groups is 2. The maximum Gasteiger partial charge on any atom is 0.157 e. The third kappa shape index (κ3) is 2.40. The zero-order valence-electron chi connectivity index (χ0n) is 12.2. The van der Waals surface area contributed by atoms with Crippen molar-refractivity contribution >= 4 is 17.0 Å². The van der Waals surface area contributed by atoms with E-state index in [0.29, 0.717) is 6.04 Å². The largest absolute Gasteiger partial charge is 0.504 e. The van der Waals surface area contributed by atoms with Crippen molar-refractivity contribution < 1.29 is 10.2 Å². The molecule has 2 aromatic carbocycles. The molecular formula is C18H20BrNO2. The van der Waals surface area contributed by atoms with Crippen LogP contribution >= 0.6 is 17.0 Å². The van der Waals surface area contributed by atoms with Crippen molar-refractivity contribution in [3.63, 3.8) is 0 Å². The van der Waals surface area contributed by atoms with Gasteiger partial charge in [-0.25, -0.2) is 0 Å². The third-order valence-electron chi connectivity index (χ3n) is 4.89. The fourth-order valence-electron chi connectivity index (χ4n) is 3.90. The van der Waals surface area contributed by atoms with Gasteiger partial charge in [0.05, 0.1) is 0 Å². The number of rotatable bonds is 0. The maximum atomic E-state index is 9.93. The molecule has 0 saturated heterocycles. The van der Waals surface area contributed by atoms with Gasteiger partial charge in [0.1, 0.15) is 0 Å². The van der Waals surface area contributed by atoms with Gasteiger partial charge in [-0.3, -0.25) is 0 Å². The van der Waals surface area contributed by atoms with Crippen molar-refractivity contribution in [3.8, 4) is 11.5 Å². The predicted octanol–water partition coefficient (Wildman–Crippen LogP) is 3.27. The molecule has 1 heterocycles. The summed E-state index contributed by atoms with van der Waals surface area (Å²) >= 11 is 0. The number of phenolic OH excluding ortho intramolecular Hbond substituents is 2. The molecule has 0 fully saturated rings. The molecular weight excluding hydrogens is 342 g/mol. The Labute approximate surface area is 140 Å². The highest BCUT2D eigenvalue weighted by molar-refractivity contribution is 8.93. The van der Waals surface area contributed by atoms with Crippen LogP contribution in [0, 0.1) is 0 Å². The molecule has 3 N–H and O–H groups in total. The van der Waals surface area contributed by atoms with Crippen molar-refractivity contribution in [1.29, 1.82) is 0 Å². The van der Waals surface area contributed by atoms with E-state index < -0.39 is 0 Å². The monoisotopic (exact) mass is 361 g/mol. The van der Waals surface area contributed by atoms with Gasteiger partial charge in [0.25, 0.3) is 0 Å². The van der Waals surface area contributed by atoms with E-state index in [-0.39, 0.29) is 34.4 Å². The molecule has 1 aliphatic heterocycles. The molecule has 4 rings (SSSR count). The fourth-order valence-corrected chi connectivity index (χ4v) is 3.90. The third-order valence-corrected chi connectivity index (χ3v) is 4.89. The smallest absolute Gasteiger partial charge is 0.157 e. The lowest BCUT2D eigenvalue weighted by Crippen LogP contribution is -2.38. The first-order chi connectivity index (χ1) is 10.2. The van der Waals surface area contributed by atoms with E-state index in [4.69, 9.17) is 0 Å². The van der Waals surface area contributed by atoms with Crippen LogP contribution in [0.5, 0.6) is 11.5 Å². The Hall–Kier alpha value is -1.52. The molecule has 4 heteroatoms. The van der Waals surface area contributed by atoms with E-state index in [9.17, 15) is 10.2 Å².